The van der Waals surface area contributed by atoms with Crippen LogP contribution in [0.4, 0.5) is 5.69 Å². The highest BCUT2D eigenvalue weighted by molar-refractivity contribution is 9.10. The second kappa shape index (κ2) is 9.87. The van der Waals surface area contributed by atoms with Crippen LogP contribution in [-0.2, 0) is 6.54 Å². The van der Waals surface area contributed by atoms with Crippen molar-refractivity contribution in [1.82, 2.24) is 30.6 Å². The molecule has 0 fully saturated rings. The van der Waals surface area contributed by atoms with Gasteiger partial charge in [0.25, 0.3) is 11.6 Å². The van der Waals surface area contributed by atoms with Gasteiger partial charge in [-0.3, -0.25) is 24.4 Å². The van der Waals surface area contributed by atoms with E-state index in [1.54, 1.807) is 4.68 Å². The first-order valence-electron chi connectivity index (χ1n) is 9.19. The molecule has 2 amide bonds. The second-order valence-corrected chi connectivity index (χ2v) is 7.79. The van der Waals surface area contributed by atoms with E-state index in [-0.39, 0.29) is 47.6 Å². The van der Waals surface area contributed by atoms with Crippen LogP contribution >= 0.6 is 27.5 Å². The van der Waals surface area contributed by atoms with Crippen molar-refractivity contribution in [3.63, 3.8) is 0 Å². The molecule has 0 radical (unpaired) electrons. The van der Waals surface area contributed by atoms with Gasteiger partial charge in [-0.15, -0.1) is 0 Å². The number of aromatic nitrogens is 4. The fourth-order valence-corrected chi connectivity index (χ4v) is 3.24. The van der Waals surface area contributed by atoms with Crippen molar-refractivity contribution in [2.75, 3.05) is 13.1 Å². The summed E-state index contributed by atoms with van der Waals surface area (Å²) in [6, 6.07) is 3.53. The van der Waals surface area contributed by atoms with Gasteiger partial charge in [-0.05, 0) is 35.8 Å². The van der Waals surface area contributed by atoms with Crippen LogP contribution < -0.4 is 10.6 Å². The molecule has 0 saturated carbocycles. The Labute approximate surface area is 194 Å². The van der Waals surface area contributed by atoms with Gasteiger partial charge in [-0.1, -0.05) is 16.8 Å². The molecule has 12 nitrogen and oxygen atoms in total. The van der Waals surface area contributed by atoms with Crippen LogP contribution in [0.1, 0.15) is 38.3 Å². The van der Waals surface area contributed by atoms with Gasteiger partial charge in [-0.25, -0.2) is 0 Å². The van der Waals surface area contributed by atoms with Gasteiger partial charge < -0.3 is 15.2 Å². The summed E-state index contributed by atoms with van der Waals surface area (Å²) in [7, 11) is 0. The van der Waals surface area contributed by atoms with E-state index in [4.69, 9.17) is 16.1 Å². The molecule has 2 aromatic heterocycles. The first kappa shape index (κ1) is 23.3. The van der Waals surface area contributed by atoms with Crippen LogP contribution in [0.15, 0.2) is 27.2 Å². The number of nitrogens with zero attached hydrogens (tertiary/aromatic N) is 5. The largest absolute Gasteiger partial charge is 0.350 e. The summed E-state index contributed by atoms with van der Waals surface area (Å²) >= 11 is 9.36. The van der Waals surface area contributed by atoms with Gasteiger partial charge >= 0.3 is 11.8 Å². The lowest BCUT2D eigenvalue weighted by Gasteiger charge is -2.07. The van der Waals surface area contributed by atoms with Gasteiger partial charge in [0.15, 0.2) is 5.82 Å². The number of nitrogens with one attached hydrogen (secondary N) is 2. The quantitative estimate of drug-likeness (QED) is 0.257. The zero-order valence-electron chi connectivity index (χ0n) is 16.9. The lowest BCUT2D eigenvalue weighted by atomic mass is 10.2. The van der Waals surface area contributed by atoms with E-state index in [0.29, 0.717) is 0 Å². The topological polar surface area (TPSA) is 158 Å². The van der Waals surface area contributed by atoms with Crippen molar-refractivity contribution in [1.29, 1.82) is 0 Å². The molecular formula is C18H17BrClN7O5. The number of benzene rings is 1. The first-order valence-corrected chi connectivity index (χ1v) is 10.4. The lowest BCUT2D eigenvalue weighted by Crippen LogP contribution is -2.35. The normalized spacial score (nSPS) is 10.8. The van der Waals surface area contributed by atoms with Crippen molar-refractivity contribution < 1.29 is 19.0 Å². The maximum atomic E-state index is 12.2. The molecule has 3 aromatic rings. The second-order valence-electron chi connectivity index (χ2n) is 6.59. The fourth-order valence-electron chi connectivity index (χ4n) is 2.70. The molecule has 0 bridgehead atoms. The van der Waals surface area contributed by atoms with Crippen LogP contribution in [0.25, 0.3) is 0 Å². The summed E-state index contributed by atoms with van der Waals surface area (Å²) in [6.45, 7) is 4.14. The predicted octanol–water partition coefficient (Wildman–Crippen LogP) is 2.42. The summed E-state index contributed by atoms with van der Waals surface area (Å²) in [5.74, 6) is -1.06. The molecule has 2 heterocycles. The van der Waals surface area contributed by atoms with Crippen LogP contribution in [0.2, 0.25) is 5.02 Å². The number of nitro benzene ring substituents is 1. The molecule has 0 spiro atoms. The maximum absolute atomic E-state index is 12.2. The standard InChI is InChI=1S/C18H17BrClN7O5/c1-9-15(19)10(2)26(24-9)8-14-23-18(32-25-14)17(29)22-6-5-21-16(28)12-4-3-11(27(30)31)7-13(12)20/h3-4,7H,5-6,8H2,1-2H3,(H,21,28)(H,22,29). The number of amides is 2. The number of carbonyl (C=O) groups is 2. The van der Waals surface area contributed by atoms with Crippen LogP contribution in [-0.4, -0.2) is 49.7 Å². The highest BCUT2D eigenvalue weighted by atomic mass is 79.9. The SMILES string of the molecule is Cc1nn(Cc2noc(C(=O)NCCNC(=O)c3ccc([N+](=O)[O-])cc3Cl)n2)c(C)c1Br. The molecule has 0 aliphatic heterocycles. The fraction of sp³-hybridized carbons (Fsp3) is 0.278. The Morgan fingerprint density at radius 3 is 2.53 bits per heavy atom. The average molecular weight is 527 g/mol. The molecular weight excluding hydrogens is 510 g/mol. The third kappa shape index (κ3) is 5.29. The lowest BCUT2D eigenvalue weighted by molar-refractivity contribution is -0.384. The Morgan fingerprint density at radius 1 is 1.25 bits per heavy atom. The minimum atomic E-state index is -0.609. The number of aryl methyl sites for hydroxylation is 1. The number of nitro groups is 1. The summed E-state index contributed by atoms with van der Waals surface area (Å²) in [5, 5.41) is 23.9. The predicted molar refractivity (Wildman–Crippen MR) is 116 cm³/mol. The Bertz CT molecular complexity index is 1190. The minimum absolute atomic E-state index is 0.0474. The number of non-ortho nitro benzene ring substituents is 1. The van der Waals surface area contributed by atoms with Gasteiger partial charge in [0.1, 0.15) is 6.54 Å². The molecule has 0 aliphatic carbocycles. The number of rotatable bonds is 8. The van der Waals surface area contributed by atoms with E-state index in [2.05, 4.69) is 41.8 Å². The third-order valence-electron chi connectivity index (χ3n) is 4.35. The Kier molecular flexibility index (Phi) is 7.20. The highest BCUT2D eigenvalue weighted by Crippen LogP contribution is 2.22. The molecule has 1 aromatic carbocycles. The van der Waals surface area contributed by atoms with E-state index in [0.717, 1.165) is 21.9 Å². The summed E-state index contributed by atoms with van der Waals surface area (Å²) in [4.78, 5) is 38.5. The summed E-state index contributed by atoms with van der Waals surface area (Å²) in [6.07, 6.45) is 0. The number of halogens is 2. The van der Waals surface area contributed by atoms with Crippen molar-refractivity contribution >= 4 is 45.0 Å². The number of hydrogen-bond donors (Lipinski definition) is 2. The molecule has 14 heteroatoms. The maximum Gasteiger partial charge on any atom is 0.316 e. The van der Waals surface area contributed by atoms with E-state index < -0.39 is 16.7 Å². The molecule has 0 saturated heterocycles. The smallest absolute Gasteiger partial charge is 0.316 e. The van der Waals surface area contributed by atoms with Gasteiger partial charge in [0.05, 0.1) is 31.4 Å². The molecule has 32 heavy (non-hydrogen) atoms. The van der Waals surface area contributed by atoms with Gasteiger partial charge in [0, 0.05) is 25.2 Å². The molecule has 0 unspecified atom stereocenters. The Hall–Kier alpha value is -3.32. The minimum Gasteiger partial charge on any atom is -0.350 e. The molecule has 0 aliphatic rings. The summed E-state index contributed by atoms with van der Waals surface area (Å²) in [5.41, 5.74) is 1.58. The molecule has 3 rings (SSSR count). The summed E-state index contributed by atoms with van der Waals surface area (Å²) < 4.78 is 7.55. The number of carbonyl (C=O) groups excluding carboxylic acids is 2. The Balaban J connectivity index is 1.49. The average Bonchev–Trinajstić information content (AvgIpc) is 3.31. The number of hydrogen-bond acceptors (Lipinski definition) is 8. The van der Waals surface area contributed by atoms with E-state index in [9.17, 15) is 19.7 Å². The third-order valence-corrected chi connectivity index (χ3v) is 5.81. The first-order chi connectivity index (χ1) is 15.2. The zero-order valence-corrected chi connectivity index (χ0v) is 19.2. The van der Waals surface area contributed by atoms with E-state index in [1.165, 1.54) is 12.1 Å². The van der Waals surface area contributed by atoms with E-state index >= 15 is 0 Å². The molecule has 0 atom stereocenters. The monoisotopic (exact) mass is 525 g/mol. The zero-order chi connectivity index (χ0) is 23.4. The van der Waals surface area contributed by atoms with Gasteiger partial charge in [0.2, 0.25) is 0 Å². The van der Waals surface area contributed by atoms with Crippen LogP contribution in [0, 0.1) is 24.0 Å². The van der Waals surface area contributed by atoms with E-state index in [1.807, 2.05) is 13.8 Å². The molecule has 2 N–H and O–H groups in total. The van der Waals surface area contributed by atoms with Crippen molar-refractivity contribution in [2.45, 2.75) is 20.4 Å². The highest BCUT2D eigenvalue weighted by Gasteiger charge is 2.18. The van der Waals surface area contributed by atoms with Crippen LogP contribution in [0.3, 0.4) is 0 Å². The van der Waals surface area contributed by atoms with Crippen molar-refractivity contribution in [2.24, 2.45) is 0 Å². The van der Waals surface area contributed by atoms with Crippen LogP contribution in [0.5, 0.6) is 0 Å². The molecule has 168 valence electrons. The van der Waals surface area contributed by atoms with Gasteiger partial charge in [-0.2, -0.15) is 10.1 Å². The van der Waals surface area contributed by atoms with Crippen molar-refractivity contribution in [3.05, 3.63) is 66.5 Å². The Morgan fingerprint density at radius 2 is 1.94 bits per heavy atom. The van der Waals surface area contributed by atoms with Crippen molar-refractivity contribution in [3.8, 4) is 0 Å².